The molecule has 0 aliphatic rings. The molecule has 0 radical (unpaired) electrons. The van der Waals surface area contributed by atoms with Gasteiger partial charge in [0, 0.05) is 5.02 Å². The van der Waals surface area contributed by atoms with Crippen molar-refractivity contribution in [1.29, 1.82) is 0 Å². The molecule has 20 heavy (non-hydrogen) atoms. The van der Waals surface area contributed by atoms with Crippen LogP contribution in [0.4, 0.5) is 4.39 Å². The van der Waals surface area contributed by atoms with Gasteiger partial charge in [0.05, 0.1) is 12.4 Å². The second-order valence-electron chi connectivity index (χ2n) is 4.13. The average molecular weight is 289 g/mol. The van der Waals surface area contributed by atoms with Gasteiger partial charge in [-0.3, -0.25) is 0 Å². The summed E-state index contributed by atoms with van der Waals surface area (Å²) in [4.78, 5) is 0. The Morgan fingerprint density at radius 1 is 1.05 bits per heavy atom. The van der Waals surface area contributed by atoms with Gasteiger partial charge in [-0.15, -0.1) is 0 Å². The van der Waals surface area contributed by atoms with E-state index >= 15 is 0 Å². The summed E-state index contributed by atoms with van der Waals surface area (Å²) in [5.41, 5.74) is 0.369. The summed E-state index contributed by atoms with van der Waals surface area (Å²) in [5.74, 6) is 0.769. The molecule has 0 N–H and O–H groups in total. The molecule has 100 valence electrons. The Kier molecular flexibility index (Phi) is 3.39. The van der Waals surface area contributed by atoms with E-state index in [-0.39, 0.29) is 5.82 Å². The van der Waals surface area contributed by atoms with Gasteiger partial charge in [0.1, 0.15) is 17.3 Å². The minimum atomic E-state index is -0.343. The number of hydrogen-bond acceptors (Lipinski definition) is 2. The number of hydrogen-bond donors (Lipinski definition) is 0. The zero-order valence-corrected chi connectivity index (χ0v) is 11.1. The summed E-state index contributed by atoms with van der Waals surface area (Å²) in [7, 11) is 0. The van der Waals surface area contributed by atoms with E-state index in [4.69, 9.17) is 16.3 Å². The van der Waals surface area contributed by atoms with Crippen molar-refractivity contribution < 1.29 is 9.13 Å². The zero-order chi connectivity index (χ0) is 13.9. The van der Waals surface area contributed by atoms with Gasteiger partial charge >= 0.3 is 0 Å². The van der Waals surface area contributed by atoms with E-state index in [1.165, 1.54) is 16.9 Å². The molecule has 0 saturated heterocycles. The smallest absolute Gasteiger partial charge is 0.165 e. The molecule has 1 heterocycles. The third kappa shape index (κ3) is 2.65. The zero-order valence-electron chi connectivity index (χ0n) is 10.3. The van der Waals surface area contributed by atoms with E-state index in [1.807, 2.05) is 0 Å². The Balaban J connectivity index is 1.86. The first-order valence-corrected chi connectivity index (χ1v) is 6.33. The maximum Gasteiger partial charge on any atom is 0.165 e. The molecular formula is C15H10ClFN2O. The fraction of sp³-hybridized carbons (Fsp3) is 0. The first-order valence-electron chi connectivity index (χ1n) is 5.95. The van der Waals surface area contributed by atoms with Gasteiger partial charge in [-0.1, -0.05) is 29.8 Å². The van der Waals surface area contributed by atoms with Crippen LogP contribution in [0.3, 0.4) is 0 Å². The highest BCUT2D eigenvalue weighted by molar-refractivity contribution is 6.30. The Morgan fingerprint density at radius 3 is 2.70 bits per heavy atom. The lowest BCUT2D eigenvalue weighted by atomic mass is 10.3. The maximum absolute atomic E-state index is 13.6. The van der Waals surface area contributed by atoms with Crippen molar-refractivity contribution in [3.63, 3.8) is 0 Å². The molecule has 2 aromatic carbocycles. The average Bonchev–Trinajstić information content (AvgIpc) is 2.87. The van der Waals surface area contributed by atoms with Crippen molar-refractivity contribution in [2.24, 2.45) is 0 Å². The fourth-order valence-corrected chi connectivity index (χ4v) is 1.98. The predicted molar refractivity (Wildman–Crippen MR) is 75.0 cm³/mol. The molecule has 0 fully saturated rings. The summed E-state index contributed by atoms with van der Waals surface area (Å²) >= 11 is 5.88. The van der Waals surface area contributed by atoms with E-state index in [0.717, 1.165) is 0 Å². The van der Waals surface area contributed by atoms with Crippen LogP contribution < -0.4 is 4.74 Å². The molecule has 1 aromatic heterocycles. The third-order valence-corrected chi connectivity index (χ3v) is 2.93. The van der Waals surface area contributed by atoms with Crippen LogP contribution in [0.1, 0.15) is 0 Å². The van der Waals surface area contributed by atoms with Crippen molar-refractivity contribution in [1.82, 2.24) is 9.78 Å². The molecular weight excluding hydrogens is 279 g/mol. The lowest BCUT2D eigenvalue weighted by molar-refractivity contribution is 0.482. The van der Waals surface area contributed by atoms with Crippen LogP contribution in [0.5, 0.6) is 11.5 Å². The number of ether oxygens (including phenoxy) is 1. The van der Waals surface area contributed by atoms with Crippen LogP contribution in [0.2, 0.25) is 5.02 Å². The van der Waals surface area contributed by atoms with Crippen molar-refractivity contribution in [3.05, 3.63) is 71.8 Å². The third-order valence-electron chi connectivity index (χ3n) is 2.69. The molecule has 0 saturated carbocycles. The van der Waals surface area contributed by atoms with Gasteiger partial charge in [-0.2, -0.15) is 5.10 Å². The van der Waals surface area contributed by atoms with Crippen molar-refractivity contribution in [3.8, 4) is 17.2 Å². The Hall–Kier alpha value is -2.33. The lowest BCUT2D eigenvalue weighted by Crippen LogP contribution is -1.96. The summed E-state index contributed by atoms with van der Waals surface area (Å²) in [6.45, 7) is 0. The number of nitrogens with zero attached hydrogens (tertiary/aromatic N) is 2. The number of halogens is 2. The molecule has 0 spiro atoms. The summed E-state index contributed by atoms with van der Waals surface area (Å²) < 4.78 is 20.7. The standard InChI is InChI=1S/C15H10ClFN2O/c16-11-4-3-5-12(8-11)20-13-9-18-19(10-13)15-7-2-1-6-14(15)17/h1-10H. The number of rotatable bonds is 3. The summed E-state index contributed by atoms with van der Waals surface area (Å²) in [5, 5.41) is 4.67. The maximum atomic E-state index is 13.6. The number of aromatic nitrogens is 2. The molecule has 3 rings (SSSR count). The normalized spacial score (nSPS) is 10.5. The SMILES string of the molecule is Fc1ccccc1-n1cc(Oc2cccc(Cl)c2)cn1. The topological polar surface area (TPSA) is 27.1 Å². The second-order valence-corrected chi connectivity index (χ2v) is 4.57. The van der Waals surface area contributed by atoms with Crippen LogP contribution in [0.15, 0.2) is 60.9 Å². The Morgan fingerprint density at radius 2 is 1.90 bits per heavy atom. The summed E-state index contributed by atoms with van der Waals surface area (Å²) in [6.07, 6.45) is 3.13. The molecule has 3 nitrogen and oxygen atoms in total. The summed E-state index contributed by atoms with van der Waals surface area (Å²) in [6, 6.07) is 13.4. The molecule has 0 unspecified atom stereocenters. The van der Waals surface area contributed by atoms with Gasteiger partial charge in [0.25, 0.3) is 0 Å². The minimum absolute atomic E-state index is 0.343. The predicted octanol–water partition coefficient (Wildman–Crippen LogP) is 4.46. The highest BCUT2D eigenvalue weighted by Crippen LogP contribution is 2.24. The molecule has 0 bridgehead atoms. The first kappa shape index (κ1) is 12.7. The molecule has 0 aliphatic heterocycles. The van der Waals surface area contributed by atoms with Crippen molar-refractivity contribution in [2.45, 2.75) is 0 Å². The largest absolute Gasteiger partial charge is 0.454 e. The molecule has 5 heteroatoms. The quantitative estimate of drug-likeness (QED) is 0.711. The second kappa shape index (κ2) is 5.35. The monoisotopic (exact) mass is 288 g/mol. The van der Waals surface area contributed by atoms with Crippen LogP contribution >= 0.6 is 11.6 Å². The van der Waals surface area contributed by atoms with Crippen LogP contribution in [-0.4, -0.2) is 9.78 Å². The minimum Gasteiger partial charge on any atom is -0.454 e. The Bertz CT molecular complexity index is 742. The van der Waals surface area contributed by atoms with E-state index in [9.17, 15) is 4.39 Å². The fourth-order valence-electron chi connectivity index (χ4n) is 1.79. The van der Waals surface area contributed by atoms with Crippen LogP contribution in [0.25, 0.3) is 5.69 Å². The number of benzene rings is 2. The highest BCUT2D eigenvalue weighted by Gasteiger charge is 2.07. The van der Waals surface area contributed by atoms with E-state index < -0.39 is 0 Å². The molecule has 0 amide bonds. The van der Waals surface area contributed by atoms with E-state index in [2.05, 4.69) is 5.10 Å². The van der Waals surface area contributed by atoms with Gasteiger partial charge in [-0.05, 0) is 30.3 Å². The van der Waals surface area contributed by atoms with E-state index in [1.54, 1.807) is 48.7 Å². The van der Waals surface area contributed by atoms with Gasteiger partial charge < -0.3 is 4.74 Å². The molecule has 0 atom stereocenters. The Labute approximate surface area is 120 Å². The molecule has 0 aliphatic carbocycles. The lowest BCUT2D eigenvalue weighted by Gasteiger charge is -2.03. The van der Waals surface area contributed by atoms with Crippen LogP contribution in [-0.2, 0) is 0 Å². The van der Waals surface area contributed by atoms with Gasteiger partial charge in [-0.25, -0.2) is 9.07 Å². The van der Waals surface area contributed by atoms with Crippen molar-refractivity contribution in [2.75, 3.05) is 0 Å². The molecule has 3 aromatic rings. The van der Waals surface area contributed by atoms with Crippen molar-refractivity contribution >= 4 is 11.6 Å². The van der Waals surface area contributed by atoms with Gasteiger partial charge in [0.15, 0.2) is 5.75 Å². The van der Waals surface area contributed by atoms with Crippen LogP contribution in [0, 0.1) is 5.82 Å². The van der Waals surface area contributed by atoms with E-state index in [0.29, 0.717) is 22.2 Å². The first-order chi connectivity index (χ1) is 9.72. The number of para-hydroxylation sites is 1. The highest BCUT2D eigenvalue weighted by atomic mass is 35.5. The van der Waals surface area contributed by atoms with Gasteiger partial charge in [0.2, 0.25) is 0 Å².